The van der Waals surface area contributed by atoms with Crippen molar-refractivity contribution < 1.29 is 9.13 Å². The van der Waals surface area contributed by atoms with Crippen molar-refractivity contribution in [1.29, 1.82) is 0 Å². The summed E-state index contributed by atoms with van der Waals surface area (Å²) in [6.07, 6.45) is 0. The van der Waals surface area contributed by atoms with Crippen LogP contribution in [0.15, 0.2) is 23.1 Å². The highest BCUT2D eigenvalue weighted by molar-refractivity contribution is 7.99. The van der Waals surface area contributed by atoms with E-state index < -0.39 is 0 Å². The Morgan fingerprint density at radius 2 is 2.29 bits per heavy atom. The van der Waals surface area contributed by atoms with Crippen molar-refractivity contribution in [2.45, 2.75) is 11.4 Å². The van der Waals surface area contributed by atoms with Crippen molar-refractivity contribution in [2.75, 3.05) is 19.5 Å². The van der Waals surface area contributed by atoms with E-state index in [1.54, 1.807) is 13.2 Å². The monoisotopic (exact) mass is 215 g/mol. The number of halogens is 1. The van der Waals surface area contributed by atoms with Gasteiger partial charge in [-0.05, 0) is 11.6 Å². The van der Waals surface area contributed by atoms with Crippen LogP contribution in [0.1, 0.15) is 5.56 Å². The summed E-state index contributed by atoms with van der Waals surface area (Å²) in [7, 11) is 1.63. The van der Waals surface area contributed by atoms with E-state index in [-0.39, 0.29) is 5.82 Å². The zero-order valence-electron chi connectivity index (χ0n) is 8.13. The second-order valence-corrected chi connectivity index (χ2v) is 3.88. The zero-order chi connectivity index (χ0) is 10.4. The predicted octanol–water partition coefficient (Wildman–Crippen LogP) is 2.02. The van der Waals surface area contributed by atoms with E-state index in [1.165, 1.54) is 17.8 Å². The molecule has 0 aromatic heterocycles. The average molecular weight is 215 g/mol. The molecular formula is C10H14FNOS. The molecule has 0 aliphatic carbocycles. The summed E-state index contributed by atoms with van der Waals surface area (Å²) in [5.41, 5.74) is 6.37. The first-order valence-corrected chi connectivity index (χ1v) is 5.37. The van der Waals surface area contributed by atoms with Gasteiger partial charge in [0.05, 0.1) is 6.61 Å². The second-order valence-electron chi connectivity index (χ2n) is 2.77. The maximum absolute atomic E-state index is 13.3. The summed E-state index contributed by atoms with van der Waals surface area (Å²) in [5.74, 6) is 0.541. The van der Waals surface area contributed by atoms with Gasteiger partial charge in [-0.3, -0.25) is 0 Å². The van der Waals surface area contributed by atoms with Crippen LogP contribution >= 0.6 is 11.8 Å². The normalized spacial score (nSPS) is 10.5. The molecule has 2 nitrogen and oxygen atoms in total. The molecule has 0 saturated carbocycles. The Morgan fingerprint density at radius 3 is 2.93 bits per heavy atom. The van der Waals surface area contributed by atoms with Gasteiger partial charge < -0.3 is 10.5 Å². The lowest BCUT2D eigenvalue weighted by molar-refractivity contribution is 0.218. The first kappa shape index (κ1) is 11.5. The van der Waals surface area contributed by atoms with Crippen molar-refractivity contribution in [2.24, 2.45) is 5.73 Å². The Morgan fingerprint density at radius 1 is 1.50 bits per heavy atom. The first-order valence-electron chi connectivity index (χ1n) is 4.38. The topological polar surface area (TPSA) is 35.2 Å². The predicted molar refractivity (Wildman–Crippen MR) is 56.9 cm³/mol. The van der Waals surface area contributed by atoms with Gasteiger partial charge in [-0.15, -0.1) is 11.8 Å². The molecule has 0 fully saturated rings. The van der Waals surface area contributed by atoms with Gasteiger partial charge in [0.2, 0.25) is 0 Å². The molecule has 0 heterocycles. The molecule has 4 heteroatoms. The number of ether oxygens (including phenoxy) is 1. The Kier molecular flexibility index (Phi) is 4.93. The van der Waals surface area contributed by atoms with Crippen LogP contribution in [-0.2, 0) is 11.3 Å². The minimum absolute atomic E-state index is 0.200. The summed E-state index contributed by atoms with van der Waals surface area (Å²) in [5, 5.41) is 0. The van der Waals surface area contributed by atoms with Crippen molar-refractivity contribution in [3.8, 4) is 0 Å². The van der Waals surface area contributed by atoms with E-state index in [1.807, 2.05) is 6.07 Å². The average Bonchev–Trinajstić information content (AvgIpc) is 2.20. The fourth-order valence-electron chi connectivity index (χ4n) is 1.10. The molecule has 0 amide bonds. The molecule has 14 heavy (non-hydrogen) atoms. The fraction of sp³-hybridized carbons (Fsp3) is 0.400. The van der Waals surface area contributed by atoms with E-state index >= 15 is 0 Å². The van der Waals surface area contributed by atoms with Crippen LogP contribution in [0.4, 0.5) is 4.39 Å². The number of nitrogens with two attached hydrogens (primary N) is 1. The molecule has 0 saturated heterocycles. The summed E-state index contributed by atoms with van der Waals surface area (Å²) < 4.78 is 18.2. The third-order valence-electron chi connectivity index (χ3n) is 1.80. The molecular weight excluding hydrogens is 201 g/mol. The Hall–Kier alpha value is -0.580. The van der Waals surface area contributed by atoms with E-state index in [4.69, 9.17) is 10.5 Å². The smallest absolute Gasteiger partial charge is 0.137 e. The molecule has 0 radical (unpaired) electrons. The Bertz CT molecular complexity index is 293. The molecule has 1 rings (SSSR count). The van der Waals surface area contributed by atoms with Gasteiger partial charge >= 0.3 is 0 Å². The van der Waals surface area contributed by atoms with E-state index in [9.17, 15) is 4.39 Å². The van der Waals surface area contributed by atoms with Crippen molar-refractivity contribution in [3.05, 3.63) is 29.6 Å². The molecule has 0 spiro atoms. The summed E-state index contributed by atoms with van der Waals surface area (Å²) in [4.78, 5) is 0.645. The molecule has 2 N–H and O–H groups in total. The minimum Gasteiger partial charge on any atom is -0.384 e. The van der Waals surface area contributed by atoms with E-state index in [0.717, 1.165) is 11.3 Å². The molecule has 0 unspecified atom stereocenters. The van der Waals surface area contributed by atoms with Crippen LogP contribution in [0.25, 0.3) is 0 Å². The van der Waals surface area contributed by atoms with Crippen LogP contribution in [0.3, 0.4) is 0 Å². The van der Waals surface area contributed by atoms with E-state index in [0.29, 0.717) is 18.0 Å². The molecule has 78 valence electrons. The molecule has 1 aromatic rings. The van der Waals surface area contributed by atoms with E-state index in [2.05, 4.69) is 0 Å². The van der Waals surface area contributed by atoms with Gasteiger partial charge in [0.25, 0.3) is 0 Å². The number of hydrogen-bond acceptors (Lipinski definition) is 3. The molecule has 1 aromatic carbocycles. The molecule has 0 aliphatic rings. The van der Waals surface area contributed by atoms with Crippen molar-refractivity contribution >= 4 is 11.8 Å². The first-order chi connectivity index (χ1) is 6.79. The van der Waals surface area contributed by atoms with Crippen LogP contribution in [0.5, 0.6) is 0 Å². The van der Waals surface area contributed by atoms with Gasteiger partial charge in [-0.1, -0.05) is 12.1 Å². The number of thioether (sulfide) groups is 1. The zero-order valence-corrected chi connectivity index (χ0v) is 8.94. The lowest BCUT2D eigenvalue weighted by Crippen LogP contribution is -2.01. The Labute approximate surface area is 87.6 Å². The van der Waals surface area contributed by atoms with Crippen molar-refractivity contribution in [1.82, 2.24) is 0 Å². The third-order valence-corrected chi connectivity index (χ3v) is 2.92. The van der Waals surface area contributed by atoms with Crippen LogP contribution < -0.4 is 5.73 Å². The highest BCUT2D eigenvalue weighted by Crippen LogP contribution is 2.25. The van der Waals surface area contributed by atoms with Gasteiger partial charge in [-0.25, -0.2) is 4.39 Å². The van der Waals surface area contributed by atoms with Crippen molar-refractivity contribution in [3.63, 3.8) is 0 Å². The summed E-state index contributed by atoms with van der Waals surface area (Å²) in [6.45, 7) is 0.982. The van der Waals surface area contributed by atoms with Gasteiger partial charge in [0, 0.05) is 24.3 Å². The highest BCUT2D eigenvalue weighted by atomic mass is 32.2. The van der Waals surface area contributed by atoms with Crippen LogP contribution in [0, 0.1) is 5.82 Å². The fourth-order valence-corrected chi connectivity index (χ4v) is 2.10. The maximum Gasteiger partial charge on any atom is 0.137 e. The number of rotatable bonds is 5. The maximum atomic E-state index is 13.3. The largest absolute Gasteiger partial charge is 0.384 e. The summed E-state index contributed by atoms with van der Waals surface area (Å²) >= 11 is 1.44. The second kappa shape index (κ2) is 6.01. The van der Waals surface area contributed by atoms with Gasteiger partial charge in [0.15, 0.2) is 0 Å². The highest BCUT2D eigenvalue weighted by Gasteiger charge is 2.06. The SMILES string of the molecule is COCCSc1c(F)cccc1CN. The van der Waals surface area contributed by atoms with Crippen LogP contribution in [-0.4, -0.2) is 19.5 Å². The third kappa shape index (κ3) is 2.97. The molecule has 0 bridgehead atoms. The number of methoxy groups -OCH3 is 1. The summed E-state index contributed by atoms with van der Waals surface area (Å²) in [6, 6.07) is 4.98. The lowest BCUT2D eigenvalue weighted by atomic mass is 10.2. The quantitative estimate of drug-likeness (QED) is 0.603. The molecule has 0 aliphatic heterocycles. The molecule has 0 atom stereocenters. The van der Waals surface area contributed by atoms with Gasteiger partial charge in [0.1, 0.15) is 5.82 Å². The standard InChI is InChI=1S/C10H14FNOS/c1-13-5-6-14-10-8(7-12)3-2-4-9(10)11/h2-4H,5-7,12H2,1H3. The minimum atomic E-state index is -0.200. The van der Waals surface area contributed by atoms with Gasteiger partial charge in [-0.2, -0.15) is 0 Å². The lowest BCUT2D eigenvalue weighted by Gasteiger charge is -2.07. The number of benzene rings is 1. The Balaban J connectivity index is 2.72. The number of hydrogen-bond donors (Lipinski definition) is 1. The van der Waals surface area contributed by atoms with Crippen LogP contribution in [0.2, 0.25) is 0 Å².